The summed E-state index contributed by atoms with van der Waals surface area (Å²) in [5.74, 6) is 0.797. The molecule has 0 amide bonds. The maximum atomic E-state index is 6.05. The van der Waals surface area contributed by atoms with E-state index >= 15 is 0 Å². The van der Waals surface area contributed by atoms with Crippen LogP contribution in [0.25, 0.3) is 0 Å². The van der Waals surface area contributed by atoms with Gasteiger partial charge in [0.1, 0.15) is 12.4 Å². The largest absolute Gasteiger partial charge is 0.492 e. The van der Waals surface area contributed by atoms with Crippen molar-refractivity contribution in [2.75, 3.05) is 18.5 Å². The molecule has 0 heterocycles. The molecule has 0 aromatic heterocycles. The van der Waals surface area contributed by atoms with Gasteiger partial charge in [0.2, 0.25) is 0 Å². The summed E-state index contributed by atoms with van der Waals surface area (Å²) in [5, 5.41) is 5.20. The van der Waals surface area contributed by atoms with Crippen LogP contribution in [0.15, 0.2) is 36.4 Å². The van der Waals surface area contributed by atoms with Crippen LogP contribution in [-0.4, -0.2) is 13.2 Å². The van der Waals surface area contributed by atoms with Gasteiger partial charge < -0.3 is 10.1 Å². The van der Waals surface area contributed by atoms with E-state index in [-0.39, 0.29) is 0 Å². The highest BCUT2D eigenvalue weighted by Crippen LogP contribution is 2.25. The highest BCUT2D eigenvalue weighted by atomic mass is 35.5. The molecule has 2 nitrogen and oxygen atoms in total. The minimum atomic E-state index is 0.518. The normalized spacial score (nSPS) is 10.4. The number of rotatable bonds is 5. The summed E-state index contributed by atoms with van der Waals surface area (Å²) in [6.07, 6.45) is 0. The van der Waals surface area contributed by atoms with Gasteiger partial charge >= 0.3 is 0 Å². The summed E-state index contributed by atoms with van der Waals surface area (Å²) >= 11 is 17.9. The zero-order valence-electron chi connectivity index (χ0n) is 10.9. The van der Waals surface area contributed by atoms with E-state index in [9.17, 15) is 0 Å². The van der Waals surface area contributed by atoms with Crippen molar-refractivity contribution >= 4 is 40.5 Å². The molecule has 0 radical (unpaired) electrons. The Morgan fingerprint density at radius 3 is 2.50 bits per heavy atom. The zero-order chi connectivity index (χ0) is 14.5. The summed E-state index contributed by atoms with van der Waals surface area (Å²) < 4.78 is 5.64. The van der Waals surface area contributed by atoms with Crippen molar-refractivity contribution in [1.29, 1.82) is 0 Å². The van der Waals surface area contributed by atoms with Crippen LogP contribution in [0, 0.1) is 6.92 Å². The lowest BCUT2D eigenvalue weighted by molar-refractivity contribution is 0.332. The van der Waals surface area contributed by atoms with Crippen molar-refractivity contribution in [1.82, 2.24) is 0 Å². The van der Waals surface area contributed by atoms with Crippen molar-refractivity contribution in [3.63, 3.8) is 0 Å². The van der Waals surface area contributed by atoms with Crippen LogP contribution >= 0.6 is 34.8 Å². The fourth-order valence-corrected chi connectivity index (χ4v) is 2.17. The fraction of sp³-hybridized carbons (Fsp3) is 0.200. The molecule has 0 saturated heterocycles. The van der Waals surface area contributed by atoms with Gasteiger partial charge in [-0.1, -0.05) is 34.8 Å². The number of anilines is 1. The average molecular weight is 331 g/mol. The molecule has 0 aliphatic heterocycles. The lowest BCUT2D eigenvalue weighted by atomic mass is 10.2. The molecule has 0 saturated carbocycles. The number of benzene rings is 2. The van der Waals surface area contributed by atoms with Crippen molar-refractivity contribution < 1.29 is 4.74 Å². The van der Waals surface area contributed by atoms with Crippen LogP contribution in [0.1, 0.15) is 5.56 Å². The summed E-state index contributed by atoms with van der Waals surface area (Å²) in [6, 6.07) is 10.9. The molecule has 0 atom stereocenters. The van der Waals surface area contributed by atoms with Gasteiger partial charge in [-0.15, -0.1) is 0 Å². The predicted molar refractivity (Wildman–Crippen MR) is 86.6 cm³/mol. The minimum Gasteiger partial charge on any atom is -0.492 e. The molecule has 0 spiro atoms. The monoisotopic (exact) mass is 329 g/mol. The average Bonchev–Trinajstić information content (AvgIpc) is 2.42. The highest BCUT2D eigenvalue weighted by Gasteiger charge is 2.01. The first-order valence-electron chi connectivity index (χ1n) is 6.14. The Morgan fingerprint density at radius 1 is 1.00 bits per heavy atom. The number of nitrogens with one attached hydrogen (secondary N) is 1. The van der Waals surface area contributed by atoms with E-state index in [1.807, 2.05) is 25.1 Å². The second-order valence-electron chi connectivity index (χ2n) is 4.31. The first-order chi connectivity index (χ1) is 9.56. The molecule has 2 rings (SSSR count). The van der Waals surface area contributed by atoms with Gasteiger partial charge in [0.15, 0.2) is 0 Å². The van der Waals surface area contributed by atoms with E-state index in [0.717, 1.165) is 22.0 Å². The Balaban J connectivity index is 1.84. The number of aryl methyl sites for hydroxylation is 1. The second-order valence-corrected chi connectivity index (χ2v) is 5.56. The van der Waals surface area contributed by atoms with E-state index in [2.05, 4.69) is 5.32 Å². The molecule has 106 valence electrons. The standard InChI is InChI=1S/C15H14Cl3NO/c1-10-8-12(3-5-13(10)17)20-7-6-19-15-9-11(16)2-4-14(15)18/h2-5,8-9,19H,6-7H2,1H3. The molecule has 2 aromatic rings. The van der Waals surface area contributed by atoms with Crippen LogP contribution < -0.4 is 10.1 Å². The Morgan fingerprint density at radius 2 is 1.75 bits per heavy atom. The van der Waals surface area contributed by atoms with E-state index in [4.69, 9.17) is 39.5 Å². The quantitative estimate of drug-likeness (QED) is 0.736. The molecular weight excluding hydrogens is 317 g/mol. The van der Waals surface area contributed by atoms with E-state index in [0.29, 0.717) is 23.2 Å². The van der Waals surface area contributed by atoms with Gasteiger partial charge in [0.05, 0.1) is 10.7 Å². The molecule has 1 N–H and O–H groups in total. The van der Waals surface area contributed by atoms with Crippen LogP contribution in [0.2, 0.25) is 15.1 Å². The summed E-state index contributed by atoms with van der Waals surface area (Å²) in [6.45, 7) is 3.09. The zero-order valence-corrected chi connectivity index (χ0v) is 13.2. The third-order valence-electron chi connectivity index (χ3n) is 2.74. The Bertz CT molecular complexity index is 602. The van der Waals surface area contributed by atoms with Crippen LogP contribution in [0.5, 0.6) is 5.75 Å². The smallest absolute Gasteiger partial charge is 0.119 e. The van der Waals surface area contributed by atoms with Gasteiger partial charge in [0, 0.05) is 16.6 Å². The van der Waals surface area contributed by atoms with Gasteiger partial charge in [-0.05, 0) is 48.9 Å². The SMILES string of the molecule is Cc1cc(OCCNc2cc(Cl)ccc2Cl)ccc1Cl. The summed E-state index contributed by atoms with van der Waals surface area (Å²) in [4.78, 5) is 0. The van der Waals surface area contributed by atoms with Crippen LogP contribution in [0.3, 0.4) is 0 Å². The minimum absolute atomic E-state index is 0.518. The molecule has 0 aliphatic carbocycles. The Labute approximate surface area is 133 Å². The predicted octanol–water partition coefficient (Wildman–Crippen LogP) is 5.45. The number of hydrogen-bond donors (Lipinski definition) is 1. The van der Waals surface area contributed by atoms with Gasteiger partial charge in [-0.25, -0.2) is 0 Å². The molecule has 5 heteroatoms. The molecular formula is C15H14Cl3NO. The number of halogens is 3. The first kappa shape index (κ1) is 15.3. The molecule has 20 heavy (non-hydrogen) atoms. The van der Waals surface area contributed by atoms with Crippen molar-refractivity contribution in [3.8, 4) is 5.75 Å². The highest BCUT2D eigenvalue weighted by molar-refractivity contribution is 6.35. The lowest BCUT2D eigenvalue weighted by Crippen LogP contribution is -2.11. The van der Waals surface area contributed by atoms with Gasteiger partial charge in [-0.2, -0.15) is 0 Å². The van der Waals surface area contributed by atoms with E-state index in [1.54, 1.807) is 18.2 Å². The number of ether oxygens (including phenoxy) is 1. The molecule has 0 bridgehead atoms. The van der Waals surface area contributed by atoms with E-state index in [1.165, 1.54) is 0 Å². The second kappa shape index (κ2) is 7.07. The Hall–Kier alpha value is -1.09. The fourth-order valence-electron chi connectivity index (χ4n) is 1.69. The molecule has 0 unspecified atom stereocenters. The summed E-state index contributed by atoms with van der Waals surface area (Å²) in [7, 11) is 0. The third kappa shape index (κ3) is 4.20. The topological polar surface area (TPSA) is 21.3 Å². The third-order valence-corrected chi connectivity index (χ3v) is 3.73. The lowest BCUT2D eigenvalue weighted by Gasteiger charge is -2.11. The van der Waals surface area contributed by atoms with Crippen molar-refractivity contribution in [2.45, 2.75) is 6.92 Å². The first-order valence-corrected chi connectivity index (χ1v) is 7.27. The van der Waals surface area contributed by atoms with Crippen LogP contribution in [-0.2, 0) is 0 Å². The number of hydrogen-bond acceptors (Lipinski definition) is 2. The maximum absolute atomic E-state index is 6.05. The Kier molecular flexibility index (Phi) is 5.41. The van der Waals surface area contributed by atoms with Crippen molar-refractivity contribution in [3.05, 3.63) is 57.0 Å². The maximum Gasteiger partial charge on any atom is 0.119 e. The van der Waals surface area contributed by atoms with Gasteiger partial charge in [-0.3, -0.25) is 0 Å². The van der Waals surface area contributed by atoms with Crippen molar-refractivity contribution in [2.24, 2.45) is 0 Å². The van der Waals surface area contributed by atoms with Crippen LogP contribution in [0.4, 0.5) is 5.69 Å². The van der Waals surface area contributed by atoms with E-state index < -0.39 is 0 Å². The molecule has 2 aromatic carbocycles. The molecule has 0 fully saturated rings. The molecule has 0 aliphatic rings. The summed E-state index contributed by atoms with van der Waals surface area (Å²) in [5.41, 5.74) is 1.80. The van der Waals surface area contributed by atoms with Gasteiger partial charge in [0.25, 0.3) is 0 Å².